The van der Waals surface area contributed by atoms with Gasteiger partial charge in [-0.15, -0.1) is 0 Å². The molecule has 0 unspecified atom stereocenters. The molecular weight excluding hydrogens is 333 g/mol. The zero-order valence-corrected chi connectivity index (χ0v) is 12.7. The molecule has 0 fully saturated rings. The third kappa shape index (κ3) is 2.04. The quantitative estimate of drug-likeness (QED) is 0.387. The van der Waals surface area contributed by atoms with Gasteiger partial charge in [0.2, 0.25) is 0 Å². The maximum absolute atomic E-state index is 5.97. The summed E-state index contributed by atoms with van der Waals surface area (Å²) in [4.78, 5) is 8.67. The molecule has 1 aromatic carbocycles. The molecule has 2 heterocycles. The monoisotopic (exact) mass is 341 g/mol. The summed E-state index contributed by atoms with van der Waals surface area (Å²) in [7, 11) is 0. The molecule has 6 heteroatoms. The molecule has 0 aliphatic carbocycles. The van der Waals surface area contributed by atoms with Crippen LogP contribution in [0.5, 0.6) is 0 Å². The molecule has 3 rings (SSSR count). The first-order chi connectivity index (χ1) is 8.65. The van der Waals surface area contributed by atoms with E-state index in [-0.39, 0.29) is 14.7 Å². The van der Waals surface area contributed by atoms with Crippen LogP contribution in [-0.2, 0) is 0 Å². The van der Waals surface area contributed by atoms with Crippen LogP contribution in [-0.4, -0.2) is 28.3 Å². The summed E-state index contributed by atoms with van der Waals surface area (Å²) < 4.78 is 4.02. The molecule has 0 N–H and O–H groups in total. The van der Waals surface area contributed by atoms with Crippen molar-refractivity contribution < 1.29 is 0 Å². The molecule has 0 amide bonds. The molecule has 2 aromatic heterocycles. The predicted octanol–water partition coefficient (Wildman–Crippen LogP) is 3.17. The van der Waals surface area contributed by atoms with Gasteiger partial charge in [-0.25, -0.2) is 0 Å². The van der Waals surface area contributed by atoms with Gasteiger partial charge in [0.25, 0.3) is 0 Å². The van der Waals surface area contributed by atoms with Gasteiger partial charge < -0.3 is 0 Å². The van der Waals surface area contributed by atoms with Crippen LogP contribution < -0.4 is 0 Å². The van der Waals surface area contributed by atoms with Crippen LogP contribution in [0, 0.1) is 11.6 Å². The normalized spacial score (nSPS) is 11.0. The van der Waals surface area contributed by atoms with Crippen LogP contribution in [0.4, 0.5) is 0 Å². The number of nitrogens with zero attached hydrogens (tertiary/aromatic N) is 3. The minimum atomic E-state index is 0.0881. The van der Waals surface area contributed by atoms with E-state index in [1.165, 1.54) is 4.26 Å². The summed E-state index contributed by atoms with van der Waals surface area (Å²) in [6.07, 6.45) is 0. The van der Waals surface area contributed by atoms with E-state index in [1.807, 2.05) is 28.7 Å². The zero-order chi connectivity index (χ0) is 12.7. The maximum atomic E-state index is 5.97. The molecule has 3 nitrogen and oxygen atoms in total. The first kappa shape index (κ1) is 12.1. The molecule has 0 saturated heterocycles. The van der Waals surface area contributed by atoms with Crippen LogP contribution >= 0.6 is 23.8 Å². The Kier molecular flexibility index (Phi) is 3.08. The fraction of sp³-hybridized carbons (Fsp3) is 0.0833. The van der Waals surface area contributed by atoms with E-state index in [0.717, 1.165) is 15.7 Å². The van der Waals surface area contributed by atoms with E-state index in [0.29, 0.717) is 11.1 Å². The Labute approximate surface area is 120 Å². The van der Waals surface area contributed by atoms with Gasteiger partial charge in [0, 0.05) is 0 Å². The molecule has 90 valence electrons. The Morgan fingerprint density at radius 3 is 2.78 bits per heavy atom. The first-order valence-corrected chi connectivity index (χ1v) is 7.69. The van der Waals surface area contributed by atoms with Crippen LogP contribution in [0.25, 0.3) is 15.6 Å². The van der Waals surface area contributed by atoms with Gasteiger partial charge in [-0.3, -0.25) is 0 Å². The van der Waals surface area contributed by atoms with Crippen molar-refractivity contribution in [3.8, 4) is 5.95 Å². The van der Waals surface area contributed by atoms with E-state index in [9.17, 15) is 0 Å². The first-order valence-electron chi connectivity index (χ1n) is 5.28. The zero-order valence-electron chi connectivity index (χ0n) is 9.42. The summed E-state index contributed by atoms with van der Waals surface area (Å²) >= 11 is 11.5. The van der Waals surface area contributed by atoms with E-state index < -0.39 is 0 Å². The van der Waals surface area contributed by atoms with Gasteiger partial charge in [-0.1, -0.05) is 0 Å². The van der Waals surface area contributed by atoms with Crippen LogP contribution in [0.15, 0.2) is 30.3 Å². The number of hydrogen-bond acceptors (Lipinski definition) is 3. The number of rotatable bonds is 1. The Morgan fingerprint density at radius 2 is 2.06 bits per heavy atom. The van der Waals surface area contributed by atoms with Crippen LogP contribution in [0.2, 0.25) is 5.15 Å². The molecule has 0 aliphatic heterocycles. The SMILES string of the molecule is Cc1cc(Cl)nc(-n2[se]c3ccccc3c2=S)n1. The van der Waals surface area contributed by atoms with Crippen molar-refractivity contribution in [1.82, 2.24) is 13.5 Å². The summed E-state index contributed by atoms with van der Waals surface area (Å²) in [5, 5.41) is 1.56. The van der Waals surface area contributed by atoms with Gasteiger partial charge in [0.05, 0.1) is 0 Å². The third-order valence-electron chi connectivity index (χ3n) is 2.48. The topological polar surface area (TPSA) is 30.7 Å². The van der Waals surface area contributed by atoms with Crippen LogP contribution in [0.3, 0.4) is 0 Å². The Morgan fingerprint density at radius 1 is 1.28 bits per heavy atom. The van der Waals surface area contributed by atoms with Crippen molar-refractivity contribution in [2.45, 2.75) is 6.92 Å². The van der Waals surface area contributed by atoms with Crippen molar-refractivity contribution in [3.05, 3.63) is 45.8 Å². The summed E-state index contributed by atoms with van der Waals surface area (Å²) in [6, 6.07) is 9.89. The Balaban J connectivity index is 2.31. The number of benzene rings is 1. The second-order valence-electron chi connectivity index (χ2n) is 3.82. The third-order valence-corrected chi connectivity index (χ3v) is 5.61. The number of hydrogen-bond donors (Lipinski definition) is 0. The molecule has 3 aromatic rings. The van der Waals surface area contributed by atoms with Gasteiger partial charge in [-0.05, 0) is 0 Å². The van der Waals surface area contributed by atoms with Gasteiger partial charge in [0.1, 0.15) is 0 Å². The van der Waals surface area contributed by atoms with E-state index in [2.05, 4.69) is 16.0 Å². The van der Waals surface area contributed by atoms with E-state index in [1.54, 1.807) is 6.07 Å². The number of aryl methyl sites for hydroxylation is 1. The molecule has 0 bridgehead atoms. The molecule has 0 spiro atoms. The van der Waals surface area contributed by atoms with Gasteiger partial charge in [-0.2, -0.15) is 0 Å². The van der Waals surface area contributed by atoms with Crippen molar-refractivity contribution in [2.75, 3.05) is 0 Å². The fourth-order valence-electron chi connectivity index (χ4n) is 1.71. The minimum absolute atomic E-state index is 0.0881. The number of aromatic nitrogens is 3. The van der Waals surface area contributed by atoms with Crippen molar-refractivity contribution in [1.29, 1.82) is 0 Å². The van der Waals surface area contributed by atoms with Crippen molar-refractivity contribution >= 4 is 48.2 Å². The summed E-state index contributed by atoms with van der Waals surface area (Å²) in [5.74, 6) is 0.598. The van der Waals surface area contributed by atoms with Crippen molar-refractivity contribution in [3.63, 3.8) is 0 Å². The van der Waals surface area contributed by atoms with E-state index in [4.69, 9.17) is 23.8 Å². The van der Waals surface area contributed by atoms with Crippen molar-refractivity contribution in [2.24, 2.45) is 0 Å². The average molecular weight is 341 g/mol. The second kappa shape index (κ2) is 4.59. The molecule has 0 radical (unpaired) electrons. The predicted molar refractivity (Wildman–Crippen MR) is 76.4 cm³/mol. The summed E-state index contributed by atoms with van der Waals surface area (Å²) in [5.41, 5.74) is 0.847. The Hall–Kier alpha value is -1.00. The average Bonchev–Trinajstić information content (AvgIpc) is 2.66. The van der Waals surface area contributed by atoms with Crippen LogP contribution in [0.1, 0.15) is 5.69 Å². The second-order valence-corrected chi connectivity index (χ2v) is 6.66. The van der Waals surface area contributed by atoms with Gasteiger partial charge in [0.15, 0.2) is 0 Å². The molecule has 0 atom stereocenters. The Bertz CT molecular complexity index is 773. The number of halogens is 1. The molecule has 0 saturated carbocycles. The fourth-order valence-corrected chi connectivity index (χ4v) is 4.52. The molecular formula is C12H8ClN3SSe. The molecule has 0 aliphatic rings. The van der Waals surface area contributed by atoms with E-state index >= 15 is 0 Å². The number of fused-ring (bicyclic) bond motifs is 1. The standard InChI is InChI=1S/C12H8ClN3SSe/c1-7-6-10(13)15-12(14-7)16-11(17)8-4-2-3-5-9(8)18-16/h2-6H,1H3. The van der Waals surface area contributed by atoms with Gasteiger partial charge >= 0.3 is 120 Å². The molecule has 18 heavy (non-hydrogen) atoms. The summed E-state index contributed by atoms with van der Waals surface area (Å²) in [6.45, 7) is 1.90.